The molecular weight excluding hydrogens is 182 g/mol. The number of ether oxygens (including phenoxy) is 1. The van der Waals surface area contributed by atoms with Crippen molar-refractivity contribution in [3.05, 3.63) is 22.9 Å². The highest BCUT2D eigenvalue weighted by Crippen LogP contribution is 2.14. The van der Waals surface area contributed by atoms with E-state index < -0.39 is 0 Å². The number of anilines is 1. The number of aromatic nitrogens is 2. The Bertz CT molecular complexity index is 369. The lowest BCUT2D eigenvalue weighted by Gasteiger charge is -2.10. The van der Waals surface area contributed by atoms with Gasteiger partial charge in [-0.05, 0) is 6.42 Å². The van der Waals surface area contributed by atoms with E-state index in [0.29, 0.717) is 5.92 Å². The summed E-state index contributed by atoms with van der Waals surface area (Å²) in [4.78, 5) is 14.6. The molecule has 5 heteroatoms. The number of hydrogen-bond acceptors (Lipinski definition) is 4. The Morgan fingerprint density at radius 3 is 3.21 bits per heavy atom. The first-order valence-corrected chi connectivity index (χ1v) is 4.65. The highest BCUT2D eigenvalue weighted by Gasteiger charge is 2.15. The summed E-state index contributed by atoms with van der Waals surface area (Å²) in [6, 6.07) is 0. The molecule has 0 bridgehead atoms. The minimum Gasteiger partial charge on any atom is -0.393 e. The van der Waals surface area contributed by atoms with Crippen molar-refractivity contribution < 1.29 is 4.74 Å². The van der Waals surface area contributed by atoms with Crippen LogP contribution < -0.4 is 11.3 Å². The molecule has 1 atom stereocenters. The molecular formula is C9H13N3O2. The van der Waals surface area contributed by atoms with Crippen LogP contribution in [0.1, 0.15) is 6.42 Å². The second kappa shape index (κ2) is 3.79. The van der Waals surface area contributed by atoms with Gasteiger partial charge in [0.1, 0.15) is 5.69 Å². The monoisotopic (exact) mass is 195 g/mol. The van der Waals surface area contributed by atoms with Crippen LogP contribution in [0.4, 0.5) is 5.69 Å². The number of rotatable bonds is 2. The van der Waals surface area contributed by atoms with Gasteiger partial charge in [-0.1, -0.05) is 0 Å². The zero-order chi connectivity index (χ0) is 9.97. The van der Waals surface area contributed by atoms with Gasteiger partial charge in [0.2, 0.25) is 0 Å². The van der Waals surface area contributed by atoms with Crippen LogP contribution in [0, 0.1) is 5.92 Å². The van der Waals surface area contributed by atoms with Crippen molar-refractivity contribution in [2.45, 2.75) is 13.0 Å². The molecule has 1 aromatic heterocycles. The smallest absolute Gasteiger partial charge is 0.295 e. The van der Waals surface area contributed by atoms with E-state index in [4.69, 9.17) is 10.5 Å². The van der Waals surface area contributed by atoms with Crippen LogP contribution in [0.25, 0.3) is 0 Å². The summed E-state index contributed by atoms with van der Waals surface area (Å²) in [5, 5.41) is 0. The van der Waals surface area contributed by atoms with E-state index in [1.807, 2.05) is 4.57 Å². The maximum atomic E-state index is 10.9. The third kappa shape index (κ3) is 1.93. The Balaban J connectivity index is 2.09. The molecule has 14 heavy (non-hydrogen) atoms. The van der Waals surface area contributed by atoms with Crippen molar-refractivity contribution in [3.8, 4) is 0 Å². The molecule has 0 aliphatic carbocycles. The molecule has 0 spiro atoms. The predicted octanol–water partition coefficient (Wildman–Crippen LogP) is -0.138. The largest absolute Gasteiger partial charge is 0.393 e. The second-order valence-corrected chi connectivity index (χ2v) is 3.56. The summed E-state index contributed by atoms with van der Waals surface area (Å²) in [6.07, 6.45) is 4.22. The van der Waals surface area contributed by atoms with Gasteiger partial charge in [0.25, 0.3) is 5.56 Å². The molecule has 1 aliphatic heterocycles. The van der Waals surface area contributed by atoms with Crippen molar-refractivity contribution in [2.75, 3.05) is 18.9 Å². The van der Waals surface area contributed by atoms with E-state index in [-0.39, 0.29) is 11.2 Å². The Kier molecular flexibility index (Phi) is 2.49. The van der Waals surface area contributed by atoms with Crippen molar-refractivity contribution in [3.63, 3.8) is 0 Å². The Morgan fingerprint density at radius 1 is 1.71 bits per heavy atom. The molecule has 0 amide bonds. The fourth-order valence-electron chi connectivity index (χ4n) is 1.59. The number of nitrogens with two attached hydrogens (primary N) is 1. The minimum atomic E-state index is -0.357. The summed E-state index contributed by atoms with van der Waals surface area (Å²) < 4.78 is 7.10. The van der Waals surface area contributed by atoms with Gasteiger partial charge in [-0.3, -0.25) is 4.79 Å². The standard InChI is InChI=1S/C9H13N3O2/c10-8-4-12(6-11-9(8)13)3-7-1-2-14-5-7/h4,6-7H,1-3,5,10H2. The number of nitrogen functional groups attached to an aromatic ring is 1. The van der Waals surface area contributed by atoms with Crippen LogP contribution in [-0.4, -0.2) is 22.8 Å². The van der Waals surface area contributed by atoms with Crippen LogP contribution in [0.2, 0.25) is 0 Å². The van der Waals surface area contributed by atoms with E-state index >= 15 is 0 Å². The van der Waals surface area contributed by atoms with Gasteiger partial charge in [0.15, 0.2) is 0 Å². The maximum Gasteiger partial charge on any atom is 0.295 e. The van der Waals surface area contributed by atoms with Crippen LogP contribution >= 0.6 is 0 Å². The molecule has 2 N–H and O–H groups in total. The van der Waals surface area contributed by atoms with E-state index in [1.165, 1.54) is 6.33 Å². The molecule has 1 fully saturated rings. The molecule has 1 saturated heterocycles. The third-order valence-electron chi connectivity index (χ3n) is 2.37. The van der Waals surface area contributed by atoms with Gasteiger partial charge in [-0.15, -0.1) is 0 Å². The molecule has 76 valence electrons. The number of hydrogen-bond donors (Lipinski definition) is 1. The van der Waals surface area contributed by atoms with Crippen molar-refractivity contribution in [1.82, 2.24) is 9.55 Å². The fourth-order valence-corrected chi connectivity index (χ4v) is 1.59. The zero-order valence-corrected chi connectivity index (χ0v) is 7.85. The second-order valence-electron chi connectivity index (χ2n) is 3.56. The molecule has 5 nitrogen and oxygen atoms in total. The van der Waals surface area contributed by atoms with E-state index in [9.17, 15) is 4.79 Å². The minimum absolute atomic E-state index is 0.200. The van der Waals surface area contributed by atoms with Crippen LogP contribution in [-0.2, 0) is 11.3 Å². The first kappa shape index (κ1) is 9.21. The molecule has 2 rings (SSSR count). The summed E-state index contributed by atoms with van der Waals surface area (Å²) in [5.74, 6) is 0.513. The van der Waals surface area contributed by atoms with E-state index in [2.05, 4.69) is 4.98 Å². The Labute approximate surface area is 81.5 Å². The lowest BCUT2D eigenvalue weighted by Crippen LogP contribution is -2.18. The first-order chi connectivity index (χ1) is 6.75. The SMILES string of the molecule is Nc1cn(CC2CCOC2)cnc1=O. The summed E-state index contributed by atoms with van der Waals surface area (Å²) in [6.45, 7) is 2.43. The zero-order valence-electron chi connectivity index (χ0n) is 7.85. The fraction of sp³-hybridized carbons (Fsp3) is 0.556. The van der Waals surface area contributed by atoms with Gasteiger partial charge in [-0.2, -0.15) is 4.98 Å². The van der Waals surface area contributed by atoms with Crippen LogP contribution in [0.3, 0.4) is 0 Å². The van der Waals surface area contributed by atoms with Gasteiger partial charge in [-0.25, -0.2) is 0 Å². The molecule has 0 aromatic carbocycles. The van der Waals surface area contributed by atoms with Crippen LogP contribution in [0.15, 0.2) is 17.3 Å². The van der Waals surface area contributed by atoms with Crippen molar-refractivity contribution >= 4 is 5.69 Å². The highest BCUT2D eigenvalue weighted by molar-refractivity contribution is 5.30. The van der Waals surface area contributed by atoms with E-state index in [0.717, 1.165) is 26.2 Å². The van der Waals surface area contributed by atoms with Crippen molar-refractivity contribution in [2.24, 2.45) is 5.92 Å². The normalized spacial score (nSPS) is 21.3. The topological polar surface area (TPSA) is 70.1 Å². The van der Waals surface area contributed by atoms with Gasteiger partial charge < -0.3 is 15.0 Å². The summed E-state index contributed by atoms with van der Waals surface area (Å²) in [5.41, 5.74) is 5.31. The molecule has 0 saturated carbocycles. The van der Waals surface area contributed by atoms with Gasteiger partial charge in [0.05, 0.1) is 12.9 Å². The number of nitrogens with zero attached hydrogens (tertiary/aromatic N) is 2. The summed E-state index contributed by atoms with van der Waals surface area (Å²) in [7, 11) is 0. The average Bonchev–Trinajstić information content (AvgIpc) is 2.64. The quantitative estimate of drug-likeness (QED) is 0.713. The average molecular weight is 195 g/mol. The molecule has 1 unspecified atom stereocenters. The first-order valence-electron chi connectivity index (χ1n) is 4.65. The maximum absolute atomic E-state index is 10.9. The summed E-state index contributed by atoms with van der Waals surface area (Å²) >= 11 is 0. The molecule has 0 radical (unpaired) electrons. The highest BCUT2D eigenvalue weighted by atomic mass is 16.5. The van der Waals surface area contributed by atoms with Gasteiger partial charge in [0, 0.05) is 25.3 Å². The third-order valence-corrected chi connectivity index (χ3v) is 2.37. The molecule has 1 aromatic rings. The Hall–Kier alpha value is -1.36. The Morgan fingerprint density at radius 2 is 2.57 bits per heavy atom. The lowest BCUT2D eigenvalue weighted by molar-refractivity contribution is 0.182. The van der Waals surface area contributed by atoms with Crippen LogP contribution in [0.5, 0.6) is 0 Å². The van der Waals surface area contributed by atoms with E-state index in [1.54, 1.807) is 6.20 Å². The lowest BCUT2D eigenvalue weighted by atomic mass is 10.1. The van der Waals surface area contributed by atoms with Crippen molar-refractivity contribution in [1.29, 1.82) is 0 Å². The predicted molar refractivity (Wildman–Crippen MR) is 51.8 cm³/mol. The molecule has 1 aliphatic rings. The van der Waals surface area contributed by atoms with Gasteiger partial charge >= 0.3 is 0 Å². The molecule has 2 heterocycles.